The predicted octanol–water partition coefficient (Wildman–Crippen LogP) is 2.18. The van der Waals surface area contributed by atoms with Crippen LogP contribution in [0.25, 0.3) is 0 Å². The molecule has 0 aliphatic carbocycles. The molecule has 1 N–H and O–H groups in total. The normalized spacial score (nSPS) is 19.2. The molecule has 0 bridgehead atoms. The second-order valence-electron chi connectivity index (χ2n) is 4.21. The van der Waals surface area contributed by atoms with Gasteiger partial charge in [0.15, 0.2) is 11.6 Å². The van der Waals surface area contributed by atoms with E-state index in [9.17, 15) is 17.6 Å². The van der Waals surface area contributed by atoms with E-state index in [4.69, 9.17) is 0 Å². The summed E-state index contributed by atoms with van der Waals surface area (Å²) >= 11 is 0. The van der Waals surface area contributed by atoms with Crippen LogP contribution in [0.5, 0.6) is 0 Å². The number of hydrogen-bond acceptors (Lipinski definition) is 2. The maximum absolute atomic E-state index is 13.6. The Morgan fingerprint density at radius 2 is 1.78 bits per heavy atom. The molecule has 1 aromatic carbocycles. The molecule has 1 fully saturated rings. The third-order valence-corrected chi connectivity index (χ3v) is 3.08. The van der Waals surface area contributed by atoms with E-state index in [2.05, 4.69) is 5.32 Å². The Kier molecular flexibility index (Phi) is 4.19. The van der Waals surface area contributed by atoms with Crippen LogP contribution < -0.4 is 5.32 Å². The van der Waals surface area contributed by atoms with Crippen molar-refractivity contribution >= 4 is 0 Å². The van der Waals surface area contributed by atoms with Crippen molar-refractivity contribution in [3.63, 3.8) is 0 Å². The Morgan fingerprint density at radius 3 is 2.39 bits per heavy atom. The lowest BCUT2D eigenvalue weighted by Crippen LogP contribution is -2.47. The fourth-order valence-corrected chi connectivity index (χ4v) is 2.20. The number of nitrogens with one attached hydrogen (secondary N) is 1. The van der Waals surface area contributed by atoms with Crippen molar-refractivity contribution in [2.45, 2.75) is 12.5 Å². The molecule has 1 aliphatic heterocycles. The fraction of sp³-hybridized carbons (Fsp3) is 0.500. The standard InChI is InChI=1S/C12H14F4N2/c13-9-3-1-2-8(10(9)14)11(12(15)16)18-6-4-17-5-7-18/h1-3,11-12,17H,4-7H2/t11-/m0/s1. The van der Waals surface area contributed by atoms with Crippen LogP contribution >= 0.6 is 0 Å². The van der Waals surface area contributed by atoms with Gasteiger partial charge in [-0.25, -0.2) is 17.6 Å². The molecule has 1 aliphatic rings. The van der Waals surface area contributed by atoms with E-state index in [-0.39, 0.29) is 5.56 Å². The van der Waals surface area contributed by atoms with Crippen LogP contribution in [0, 0.1) is 11.6 Å². The number of piperazine rings is 1. The number of rotatable bonds is 3. The van der Waals surface area contributed by atoms with Crippen molar-refractivity contribution < 1.29 is 17.6 Å². The van der Waals surface area contributed by atoms with Gasteiger partial charge in [-0.05, 0) is 6.07 Å². The molecule has 6 heteroatoms. The lowest BCUT2D eigenvalue weighted by molar-refractivity contribution is 0.0161. The van der Waals surface area contributed by atoms with E-state index in [1.807, 2.05) is 0 Å². The van der Waals surface area contributed by atoms with Gasteiger partial charge in [-0.1, -0.05) is 12.1 Å². The fourth-order valence-electron chi connectivity index (χ4n) is 2.20. The molecule has 2 rings (SSSR count). The van der Waals surface area contributed by atoms with Crippen LogP contribution in [0.3, 0.4) is 0 Å². The molecule has 0 unspecified atom stereocenters. The van der Waals surface area contributed by atoms with Gasteiger partial charge in [-0.2, -0.15) is 0 Å². The van der Waals surface area contributed by atoms with Crippen LogP contribution in [-0.4, -0.2) is 37.5 Å². The lowest BCUT2D eigenvalue weighted by Gasteiger charge is -2.34. The van der Waals surface area contributed by atoms with E-state index in [1.165, 1.54) is 17.0 Å². The first-order valence-electron chi connectivity index (χ1n) is 5.78. The first kappa shape index (κ1) is 13.3. The zero-order chi connectivity index (χ0) is 13.1. The number of nitrogens with zero attached hydrogens (tertiary/aromatic N) is 1. The quantitative estimate of drug-likeness (QED) is 0.840. The SMILES string of the molecule is Fc1cccc([C@@H](C(F)F)N2CCNCC2)c1F. The number of halogens is 4. The topological polar surface area (TPSA) is 15.3 Å². The average molecular weight is 262 g/mol. The van der Waals surface area contributed by atoms with Crippen LogP contribution in [0.4, 0.5) is 17.6 Å². The minimum atomic E-state index is -2.75. The van der Waals surface area contributed by atoms with E-state index in [0.29, 0.717) is 26.2 Å². The van der Waals surface area contributed by atoms with E-state index in [0.717, 1.165) is 6.07 Å². The summed E-state index contributed by atoms with van der Waals surface area (Å²) in [6, 6.07) is 2.02. The average Bonchev–Trinajstić information content (AvgIpc) is 2.36. The molecular formula is C12H14F4N2. The molecule has 0 saturated carbocycles. The Balaban J connectivity index is 2.31. The van der Waals surface area contributed by atoms with Gasteiger partial charge in [-0.3, -0.25) is 4.90 Å². The molecule has 0 radical (unpaired) electrons. The smallest absolute Gasteiger partial charge is 0.258 e. The highest BCUT2D eigenvalue weighted by Crippen LogP contribution is 2.30. The molecule has 0 amide bonds. The maximum atomic E-state index is 13.6. The van der Waals surface area contributed by atoms with Crippen LogP contribution in [0.15, 0.2) is 18.2 Å². The third kappa shape index (κ3) is 2.64. The Hall–Kier alpha value is -1.14. The summed E-state index contributed by atoms with van der Waals surface area (Å²) in [4.78, 5) is 1.49. The predicted molar refractivity (Wildman–Crippen MR) is 59.5 cm³/mol. The van der Waals surface area contributed by atoms with Crippen molar-refractivity contribution in [3.8, 4) is 0 Å². The molecule has 18 heavy (non-hydrogen) atoms. The molecule has 1 aromatic rings. The third-order valence-electron chi connectivity index (χ3n) is 3.08. The zero-order valence-corrected chi connectivity index (χ0v) is 9.67. The number of alkyl halides is 2. The lowest BCUT2D eigenvalue weighted by atomic mass is 10.0. The molecule has 2 nitrogen and oxygen atoms in total. The molecule has 0 aromatic heterocycles. The minimum absolute atomic E-state index is 0.271. The second kappa shape index (κ2) is 5.67. The van der Waals surface area contributed by atoms with Gasteiger partial charge >= 0.3 is 0 Å². The highest BCUT2D eigenvalue weighted by Gasteiger charge is 2.32. The van der Waals surface area contributed by atoms with Gasteiger partial charge in [0.25, 0.3) is 6.43 Å². The van der Waals surface area contributed by atoms with E-state index in [1.54, 1.807) is 0 Å². The van der Waals surface area contributed by atoms with Gasteiger partial charge in [0.05, 0.1) is 6.04 Å². The molecule has 0 spiro atoms. The summed E-state index contributed by atoms with van der Waals surface area (Å²) in [6.45, 7) is 1.93. The first-order chi connectivity index (χ1) is 8.61. The van der Waals surface area contributed by atoms with Crippen LogP contribution in [0.2, 0.25) is 0 Å². The van der Waals surface area contributed by atoms with Crippen molar-refractivity contribution in [1.82, 2.24) is 10.2 Å². The minimum Gasteiger partial charge on any atom is -0.314 e. The Morgan fingerprint density at radius 1 is 1.11 bits per heavy atom. The van der Waals surface area contributed by atoms with Crippen molar-refractivity contribution in [1.29, 1.82) is 0 Å². The van der Waals surface area contributed by atoms with Gasteiger partial charge in [0.2, 0.25) is 0 Å². The van der Waals surface area contributed by atoms with Crippen LogP contribution in [-0.2, 0) is 0 Å². The maximum Gasteiger partial charge on any atom is 0.258 e. The van der Waals surface area contributed by atoms with Gasteiger partial charge in [0, 0.05) is 31.7 Å². The van der Waals surface area contributed by atoms with Crippen molar-refractivity contribution in [3.05, 3.63) is 35.4 Å². The molecule has 1 atom stereocenters. The summed E-state index contributed by atoms with van der Waals surface area (Å²) in [5, 5.41) is 3.03. The Bertz CT molecular complexity index is 405. The van der Waals surface area contributed by atoms with E-state index >= 15 is 0 Å². The number of benzene rings is 1. The van der Waals surface area contributed by atoms with Crippen molar-refractivity contribution in [2.24, 2.45) is 0 Å². The molecular weight excluding hydrogens is 248 g/mol. The highest BCUT2D eigenvalue weighted by atomic mass is 19.3. The van der Waals surface area contributed by atoms with Gasteiger partial charge in [0.1, 0.15) is 0 Å². The van der Waals surface area contributed by atoms with Gasteiger partial charge < -0.3 is 5.32 Å². The first-order valence-corrected chi connectivity index (χ1v) is 5.78. The Labute approximate surface area is 103 Å². The van der Waals surface area contributed by atoms with Crippen molar-refractivity contribution in [2.75, 3.05) is 26.2 Å². The number of hydrogen-bond donors (Lipinski definition) is 1. The molecule has 100 valence electrons. The monoisotopic (exact) mass is 262 g/mol. The summed E-state index contributed by atoms with van der Waals surface area (Å²) in [5.74, 6) is -2.27. The van der Waals surface area contributed by atoms with E-state index < -0.39 is 24.1 Å². The zero-order valence-electron chi connectivity index (χ0n) is 9.67. The summed E-state index contributed by atoms with van der Waals surface area (Å²) in [7, 11) is 0. The summed E-state index contributed by atoms with van der Waals surface area (Å²) < 4.78 is 53.0. The molecule has 1 saturated heterocycles. The molecule has 1 heterocycles. The largest absolute Gasteiger partial charge is 0.314 e. The summed E-state index contributed by atoms with van der Waals surface area (Å²) in [5.41, 5.74) is -0.271. The summed E-state index contributed by atoms with van der Waals surface area (Å²) in [6.07, 6.45) is -2.75. The van der Waals surface area contributed by atoms with Gasteiger partial charge in [-0.15, -0.1) is 0 Å². The highest BCUT2D eigenvalue weighted by molar-refractivity contribution is 5.23. The van der Waals surface area contributed by atoms with Crippen LogP contribution in [0.1, 0.15) is 11.6 Å². The second-order valence-corrected chi connectivity index (χ2v) is 4.21.